The van der Waals surface area contributed by atoms with E-state index in [4.69, 9.17) is 4.74 Å². The summed E-state index contributed by atoms with van der Waals surface area (Å²) in [4.78, 5) is 20.8. The van der Waals surface area contributed by atoms with Crippen LogP contribution in [0.25, 0.3) is 11.0 Å². The Hall–Kier alpha value is -1.27. The third kappa shape index (κ3) is 2.23. The summed E-state index contributed by atoms with van der Waals surface area (Å²) in [6.45, 7) is 5.61. The predicted molar refractivity (Wildman–Crippen MR) is 71.0 cm³/mol. The summed E-state index contributed by atoms with van der Waals surface area (Å²) in [5, 5.41) is 0.802. The van der Waals surface area contributed by atoms with E-state index in [2.05, 4.69) is 16.5 Å². The van der Waals surface area contributed by atoms with Crippen molar-refractivity contribution in [3.8, 4) is 0 Å². The number of imidazole rings is 1. The van der Waals surface area contributed by atoms with Gasteiger partial charge >= 0.3 is 5.97 Å². The Bertz CT molecular complexity index is 571. The first kappa shape index (κ1) is 12.2. The molecule has 6 heteroatoms. The molecule has 0 aliphatic rings. The summed E-state index contributed by atoms with van der Waals surface area (Å²) in [6.07, 6.45) is 1.81. The molecule has 4 nitrogen and oxygen atoms in total. The van der Waals surface area contributed by atoms with E-state index in [0.717, 1.165) is 26.8 Å². The van der Waals surface area contributed by atoms with E-state index in [-0.39, 0.29) is 5.97 Å². The van der Waals surface area contributed by atoms with Crippen LogP contribution >= 0.6 is 23.1 Å². The lowest BCUT2D eigenvalue weighted by atomic mass is 10.3. The molecule has 0 unspecified atom stereocenters. The van der Waals surface area contributed by atoms with Gasteiger partial charge in [-0.1, -0.05) is 17.8 Å². The molecule has 0 aliphatic carbocycles. The highest BCUT2D eigenvalue weighted by atomic mass is 32.2. The molecule has 0 saturated carbocycles. The van der Waals surface area contributed by atoms with E-state index >= 15 is 0 Å². The molecule has 2 aromatic rings. The number of hydrogen-bond donors (Lipinski definition) is 1. The minimum Gasteiger partial charge on any atom is -0.465 e. The Balaban J connectivity index is 2.45. The molecule has 2 rings (SSSR count). The number of fused-ring (bicyclic) bond motifs is 1. The van der Waals surface area contributed by atoms with E-state index in [1.807, 2.05) is 13.0 Å². The smallest absolute Gasteiger partial charge is 0.350 e. The van der Waals surface area contributed by atoms with Crippen molar-refractivity contribution in [1.82, 2.24) is 9.97 Å². The van der Waals surface area contributed by atoms with Gasteiger partial charge < -0.3 is 9.72 Å². The van der Waals surface area contributed by atoms with Crippen LogP contribution in [0.3, 0.4) is 0 Å². The first-order valence-electron chi connectivity index (χ1n) is 4.98. The molecule has 0 fully saturated rings. The summed E-state index contributed by atoms with van der Waals surface area (Å²) in [5.41, 5.74) is 1.62. The maximum absolute atomic E-state index is 11.6. The molecule has 0 radical (unpaired) electrons. The van der Waals surface area contributed by atoms with Crippen LogP contribution in [0.4, 0.5) is 0 Å². The summed E-state index contributed by atoms with van der Waals surface area (Å²) < 4.78 is 4.75. The number of esters is 1. The zero-order chi connectivity index (χ0) is 12.4. The van der Waals surface area contributed by atoms with Gasteiger partial charge in [-0.05, 0) is 6.92 Å². The monoisotopic (exact) mass is 268 g/mol. The molecule has 0 bridgehead atoms. The number of thioether (sulfide) groups is 1. The van der Waals surface area contributed by atoms with Gasteiger partial charge in [-0.25, -0.2) is 9.78 Å². The number of thiophene rings is 1. The van der Waals surface area contributed by atoms with E-state index in [9.17, 15) is 4.79 Å². The molecule has 90 valence electrons. The molecule has 17 heavy (non-hydrogen) atoms. The summed E-state index contributed by atoms with van der Waals surface area (Å²) in [6, 6.07) is 0. The molecule has 0 aliphatic heterocycles. The molecule has 1 N–H and O–H groups in total. The average Bonchev–Trinajstić information content (AvgIpc) is 2.86. The molecule has 0 atom stereocenters. The zero-order valence-electron chi connectivity index (χ0n) is 9.57. The number of H-pyrrole nitrogens is 1. The molecule has 2 heterocycles. The Kier molecular flexibility index (Phi) is 3.54. The van der Waals surface area contributed by atoms with E-state index in [1.54, 1.807) is 11.8 Å². The fourth-order valence-corrected chi connectivity index (χ4v) is 3.04. The number of nitrogens with one attached hydrogen (secondary N) is 1. The quantitative estimate of drug-likeness (QED) is 0.526. The highest BCUT2D eigenvalue weighted by molar-refractivity contribution is 7.99. The van der Waals surface area contributed by atoms with E-state index in [0.29, 0.717) is 4.88 Å². The van der Waals surface area contributed by atoms with Gasteiger partial charge in [-0.3, -0.25) is 0 Å². The second kappa shape index (κ2) is 4.93. The molecule has 0 amide bonds. The van der Waals surface area contributed by atoms with Crippen molar-refractivity contribution in [2.45, 2.75) is 12.1 Å². The summed E-state index contributed by atoms with van der Waals surface area (Å²) in [5.74, 6) is 0.462. The van der Waals surface area contributed by atoms with Crippen LogP contribution in [0.2, 0.25) is 0 Å². The molecule has 2 aromatic heterocycles. The number of aromatic amines is 1. The Morgan fingerprint density at radius 1 is 1.71 bits per heavy atom. The fourth-order valence-electron chi connectivity index (χ4n) is 1.47. The number of aromatic nitrogens is 2. The van der Waals surface area contributed by atoms with Gasteiger partial charge in [0.1, 0.15) is 10.4 Å². The van der Waals surface area contributed by atoms with Gasteiger partial charge in [0.25, 0.3) is 0 Å². The number of rotatable bonds is 4. The van der Waals surface area contributed by atoms with Crippen LogP contribution in [-0.2, 0) is 4.74 Å². The van der Waals surface area contributed by atoms with E-state index in [1.165, 1.54) is 18.4 Å². The zero-order valence-corrected chi connectivity index (χ0v) is 11.2. The van der Waals surface area contributed by atoms with Gasteiger partial charge in [0.05, 0.1) is 12.6 Å². The topological polar surface area (TPSA) is 55.0 Å². The number of ether oxygens (including phenoxy) is 1. The highest BCUT2D eigenvalue weighted by Gasteiger charge is 2.19. The van der Waals surface area contributed by atoms with Crippen LogP contribution in [0.1, 0.15) is 14.5 Å². The maximum atomic E-state index is 11.6. The second-order valence-electron chi connectivity index (χ2n) is 3.34. The number of nitrogens with zero attached hydrogens (tertiary/aromatic N) is 1. The molecule has 0 saturated heterocycles. The summed E-state index contributed by atoms with van der Waals surface area (Å²) >= 11 is 2.96. The van der Waals surface area contributed by atoms with Gasteiger partial charge in [0, 0.05) is 10.6 Å². The van der Waals surface area contributed by atoms with Gasteiger partial charge in [-0.2, -0.15) is 0 Å². The highest BCUT2D eigenvalue weighted by Crippen LogP contribution is 2.31. The minimum atomic E-state index is -0.322. The third-order valence-corrected chi connectivity index (χ3v) is 4.15. The first-order chi connectivity index (χ1) is 8.17. The number of carbonyl (C=O) groups is 1. The maximum Gasteiger partial charge on any atom is 0.350 e. The van der Waals surface area contributed by atoms with Crippen molar-refractivity contribution in [1.29, 1.82) is 0 Å². The normalized spacial score (nSPS) is 10.7. The average molecular weight is 268 g/mol. The molecular weight excluding hydrogens is 256 g/mol. The van der Waals surface area contributed by atoms with Crippen molar-refractivity contribution in [3.05, 3.63) is 22.4 Å². The third-order valence-electron chi connectivity index (χ3n) is 2.21. The van der Waals surface area contributed by atoms with Crippen LogP contribution < -0.4 is 0 Å². The molecule has 0 aromatic carbocycles. The number of aryl methyl sites for hydroxylation is 1. The van der Waals surface area contributed by atoms with Crippen molar-refractivity contribution in [3.63, 3.8) is 0 Å². The van der Waals surface area contributed by atoms with Crippen LogP contribution in [0.15, 0.2) is 17.8 Å². The summed E-state index contributed by atoms with van der Waals surface area (Å²) in [7, 11) is 1.38. The molecule has 0 spiro atoms. The van der Waals surface area contributed by atoms with Crippen molar-refractivity contribution in [2.24, 2.45) is 0 Å². The lowest BCUT2D eigenvalue weighted by Crippen LogP contribution is -1.98. The van der Waals surface area contributed by atoms with Gasteiger partial charge in [0.15, 0.2) is 5.16 Å². The second-order valence-corrected chi connectivity index (χ2v) is 5.58. The fraction of sp³-hybridized carbons (Fsp3) is 0.273. The van der Waals surface area contributed by atoms with Crippen molar-refractivity contribution >= 4 is 40.1 Å². The number of carbonyl (C=O) groups excluding carboxylic acids is 1. The molecular formula is C11H12N2O2S2. The lowest BCUT2D eigenvalue weighted by molar-refractivity contribution is 0.0608. The minimum absolute atomic E-state index is 0.322. The Labute approximate surface area is 107 Å². The predicted octanol–water partition coefficient (Wildman–Crippen LogP) is 3.00. The van der Waals surface area contributed by atoms with Crippen LogP contribution in [-0.4, -0.2) is 28.8 Å². The van der Waals surface area contributed by atoms with Crippen LogP contribution in [0, 0.1) is 6.92 Å². The Morgan fingerprint density at radius 2 is 2.47 bits per heavy atom. The largest absolute Gasteiger partial charge is 0.465 e. The first-order valence-corrected chi connectivity index (χ1v) is 6.78. The van der Waals surface area contributed by atoms with E-state index < -0.39 is 0 Å². The number of methoxy groups -OCH3 is 1. The van der Waals surface area contributed by atoms with Gasteiger partial charge in [-0.15, -0.1) is 17.9 Å². The SMILES string of the molecule is C=CCSc1nc2c(C)sc(C(=O)OC)c2[nH]1. The standard InChI is InChI=1S/C11H12N2O2S2/c1-4-5-16-11-12-7-6(2)17-9(8(7)13-11)10(14)15-3/h4H,1,5H2,2-3H3,(H,12,13). The van der Waals surface area contributed by atoms with Gasteiger partial charge in [0.2, 0.25) is 0 Å². The van der Waals surface area contributed by atoms with Crippen molar-refractivity contribution in [2.75, 3.05) is 12.9 Å². The van der Waals surface area contributed by atoms with Crippen LogP contribution in [0.5, 0.6) is 0 Å². The lowest BCUT2D eigenvalue weighted by Gasteiger charge is -1.94. The van der Waals surface area contributed by atoms with Crippen molar-refractivity contribution < 1.29 is 9.53 Å². The number of hydrogen-bond acceptors (Lipinski definition) is 5. The Morgan fingerprint density at radius 3 is 3.12 bits per heavy atom.